The molecule has 0 fully saturated rings. The Kier molecular flexibility index (Phi) is 2.99. The van der Waals surface area contributed by atoms with Crippen molar-refractivity contribution in [1.29, 1.82) is 0 Å². The molecule has 2 heterocycles. The Morgan fingerprint density at radius 3 is 2.36 bits per heavy atom. The van der Waals surface area contributed by atoms with Crippen molar-refractivity contribution in [3.63, 3.8) is 0 Å². The predicted molar refractivity (Wildman–Crippen MR) is 100 cm³/mol. The fraction of sp³-hybridized carbons (Fsp3) is 0. The summed E-state index contributed by atoms with van der Waals surface area (Å²) in [5.74, 6) is -0.125. The van der Waals surface area contributed by atoms with E-state index in [2.05, 4.69) is 0 Å². The van der Waals surface area contributed by atoms with E-state index >= 15 is 0 Å². The summed E-state index contributed by atoms with van der Waals surface area (Å²) < 4.78 is 7.73. The van der Waals surface area contributed by atoms with Crippen LogP contribution in [-0.2, 0) is 0 Å². The molecule has 0 atom stereocenters. The van der Waals surface area contributed by atoms with Crippen molar-refractivity contribution in [2.45, 2.75) is 0 Å². The van der Waals surface area contributed by atoms with Gasteiger partial charge in [-0.05, 0) is 36.4 Å². The minimum absolute atomic E-state index is 0.125. The third-order valence-electron chi connectivity index (χ3n) is 4.47. The third kappa shape index (κ3) is 1.96. The van der Waals surface area contributed by atoms with E-state index in [0.717, 1.165) is 21.9 Å². The summed E-state index contributed by atoms with van der Waals surface area (Å²) in [5, 5.41) is 2.26. The number of carbonyl (C=O) groups is 1. The smallest absolute Gasteiger partial charge is 0.263 e. The van der Waals surface area contributed by atoms with Crippen LogP contribution in [0.15, 0.2) is 77.2 Å². The summed E-state index contributed by atoms with van der Waals surface area (Å²) in [4.78, 5) is 13.3. The van der Waals surface area contributed by atoms with Crippen molar-refractivity contribution in [2.24, 2.45) is 0 Å². The number of hydrogen-bond acceptors (Lipinski definition) is 2. The number of rotatable bonds is 1. The lowest BCUT2D eigenvalue weighted by Gasteiger charge is -2.07. The molecule has 0 saturated carbocycles. The lowest BCUT2D eigenvalue weighted by atomic mass is 10.2. The van der Waals surface area contributed by atoms with E-state index in [9.17, 15) is 4.79 Å². The summed E-state index contributed by atoms with van der Waals surface area (Å²) in [6, 6.07) is 22.5. The van der Waals surface area contributed by atoms with E-state index < -0.39 is 0 Å². The van der Waals surface area contributed by atoms with Crippen molar-refractivity contribution in [3.8, 4) is 0 Å². The van der Waals surface area contributed by atoms with Gasteiger partial charge >= 0.3 is 0 Å². The molecule has 2 aromatic heterocycles. The summed E-state index contributed by atoms with van der Waals surface area (Å²) in [6.45, 7) is 0. The maximum absolute atomic E-state index is 13.3. The van der Waals surface area contributed by atoms with Crippen LogP contribution >= 0.6 is 11.6 Å². The molecule has 0 aliphatic rings. The van der Waals surface area contributed by atoms with Crippen molar-refractivity contribution in [2.75, 3.05) is 0 Å². The highest BCUT2D eigenvalue weighted by Gasteiger charge is 2.23. The quantitative estimate of drug-likeness (QED) is 0.380. The van der Waals surface area contributed by atoms with E-state index in [1.54, 1.807) is 22.8 Å². The van der Waals surface area contributed by atoms with Gasteiger partial charge in [0.25, 0.3) is 5.91 Å². The normalized spacial score (nSPS) is 11.6. The minimum atomic E-state index is -0.125. The van der Waals surface area contributed by atoms with Crippen LogP contribution in [0.4, 0.5) is 0 Å². The molecule has 0 aliphatic heterocycles. The van der Waals surface area contributed by atoms with Crippen molar-refractivity contribution < 1.29 is 9.21 Å². The van der Waals surface area contributed by atoms with Crippen LogP contribution in [0.3, 0.4) is 0 Å². The van der Waals surface area contributed by atoms with Gasteiger partial charge in [0.1, 0.15) is 11.1 Å². The van der Waals surface area contributed by atoms with Crippen LogP contribution in [0.1, 0.15) is 10.4 Å². The number of fused-ring (bicyclic) bond motifs is 5. The van der Waals surface area contributed by atoms with Gasteiger partial charge in [-0.25, -0.2) is 0 Å². The fourth-order valence-electron chi connectivity index (χ4n) is 3.39. The van der Waals surface area contributed by atoms with Crippen molar-refractivity contribution in [1.82, 2.24) is 4.57 Å². The third-order valence-corrected chi connectivity index (χ3v) is 4.78. The highest BCUT2D eigenvalue weighted by Crippen LogP contribution is 2.39. The van der Waals surface area contributed by atoms with E-state index in [4.69, 9.17) is 16.0 Å². The molecule has 0 radical (unpaired) electrons. The van der Waals surface area contributed by atoms with Gasteiger partial charge in [-0.15, -0.1) is 0 Å². The van der Waals surface area contributed by atoms with Gasteiger partial charge in [0.05, 0.1) is 10.5 Å². The molecule has 0 spiro atoms. The Balaban J connectivity index is 1.99. The zero-order valence-electron chi connectivity index (χ0n) is 13.1. The molecule has 120 valence electrons. The van der Waals surface area contributed by atoms with Gasteiger partial charge in [-0.2, -0.15) is 0 Å². The zero-order chi connectivity index (χ0) is 17.0. The highest BCUT2D eigenvalue weighted by molar-refractivity contribution is 6.37. The number of furan rings is 1. The number of benzene rings is 3. The van der Waals surface area contributed by atoms with Crippen LogP contribution in [0.25, 0.3) is 33.0 Å². The molecule has 0 bridgehead atoms. The number of carbonyl (C=O) groups excluding carboxylic acids is 1. The van der Waals surface area contributed by atoms with E-state index in [1.165, 1.54) is 0 Å². The second kappa shape index (κ2) is 5.23. The molecule has 4 heteroatoms. The molecule has 25 heavy (non-hydrogen) atoms. The maximum Gasteiger partial charge on any atom is 0.263 e. The number of hydrogen-bond donors (Lipinski definition) is 0. The standard InChI is InChI=1S/C21H12ClNO2/c22-16-11-6-10-15-18(16)23(21(24)13-7-2-1-3-8-13)19-14-9-4-5-12-17(14)25-20(15)19/h1-12H. The molecule has 0 N–H and O–H groups in total. The van der Waals surface area contributed by atoms with Crippen LogP contribution in [0, 0.1) is 0 Å². The first kappa shape index (κ1) is 14.3. The zero-order valence-corrected chi connectivity index (χ0v) is 13.8. The first-order valence-corrected chi connectivity index (χ1v) is 8.33. The number of para-hydroxylation sites is 2. The first-order chi connectivity index (χ1) is 12.3. The highest BCUT2D eigenvalue weighted by atomic mass is 35.5. The fourth-order valence-corrected chi connectivity index (χ4v) is 3.65. The van der Waals surface area contributed by atoms with Crippen molar-refractivity contribution >= 4 is 50.5 Å². The average Bonchev–Trinajstić information content (AvgIpc) is 3.18. The number of nitrogens with zero attached hydrogens (tertiary/aromatic N) is 1. The molecule has 3 aromatic carbocycles. The molecule has 3 nitrogen and oxygen atoms in total. The summed E-state index contributed by atoms with van der Waals surface area (Å²) in [7, 11) is 0. The lowest BCUT2D eigenvalue weighted by molar-refractivity contribution is 0.0969. The maximum atomic E-state index is 13.3. The van der Waals surface area contributed by atoms with E-state index in [-0.39, 0.29) is 5.91 Å². The van der Waals surface area contributed by atoms with Gasteiger partial charge in [-0.1, -0.05) is 48.0 Å². The van der Waals surface area contributed by atoms with Gasteiger partial charge in [0.15, 0.2) is 5.58 Å². The summed E-state index contributed by atoms with van der Waals surface area (Å²) in [5.41, 5.74) is 3.48. The number of halogens is 1. The van der Waals surface area contributed by atoms with Crippen LogP contribution in [0.5, 0.6) is 0 Å². The van der Waals surface area contributed by atoms with Crippen molar-refractivity contribution in [3.05, 3.63) is 83.4 Å². The van der Waals surface area contributed by atoms with Gasteiger partial charge in [0.2, 0.25) is 0 Å². The molecule has 0 aliphatic carbocycles. The summed E-state index contributed by atoms with van der Waals surface area (Å²) >= 11 is 6.46. The average molecular weight is 346 g/mol. The molecule has 5 rings (SSSR count). The topological polar surface area (TPSA) is 35.1 Å². The molecular formula is C21H12ClNO2. The van der Waals surface area contributed by atoms with Crippen LogP contribution < -0.4 is 0 Å². The monoisotopic (exact) mass is 345 g/mol. The SMILES string of the molecule is O=C(c1ccccc1)n1c2c(Cl)cccc2c2oc3ccccc3c21. The first-order valence-electron chi connectivity index (χ1n) is 7.95. The Morgan fingerprint density at radius 2 is 1.52 bits per heavy atom. The predicted octanol–water partition coefficient (Wildman–Crippen LogP) is 5.88. The van der Waals surface area contributed by atoms with Crippen LogP contribution in [-0.4, -0.2) is 10.5 Å². The second-order valence-electron chi connectivity index (χ2n) is 5.92. The minimum Gasteiger partial charge on any atom is -0.454 e. The van der Waals surface area contributed by atoms with Gasteiger partial charge < -0.3 is 4.42 Å². The largest absolute Gasteiger partial charge is 0.454 e. The lowest BCUT2D eigenvalue weighted by Crippen LogP contribution is -2.11. The Hall–Kier alpha value is -3.04. The molecule has 0 unspecified atom stereocenters. The Morgan fingerprint density at radius 1 is 0.800 bits per heavy atom. The van der Waals surface area contributed by atoms with Crippen LogP contribution in [0.2, 0.25) is 5.02 Å². The Labute approximate surface area is 148 Å². The van der Waals surface area contributed by atoms with E-state index in [1.807, 2.05) is 54.6 Å². The van der Waals surface area contributed by atoms with Gasteiger partial charge in [-0.3, -0.25) is 9.36 Å². The summed E-state index contributed by atoms with van der Waals surface area (Å²) in [6.07, 6.45) is 0. The molecule has 0 amide bonds. The molecular weight excluding hydrogens is 334 g/mol. The Bertz CT molecular complexity index is 1270. The van der Waals surface area contributed by atoms with Gasteiger partial charge in [0, 0.05) is 16.3 Å². The molecule has 5 aromatic rings. The second-order valence-corrected chi connectivity index (χ2v) is 6.33. The van der Waals surface area contributed by atoms with E-state index in [0.29, 0.717) is 21.7 Å². The molecule has 0 saturated heterocycles. The number of aromatic nitrogens is 1.